The summed E-state index contributed by atoms with van der Waals surface area (Å²) in [6.07, 6.45) is 4.74. The van der Waals surface area contributed by atoms with Gasteiger partial charge in [-0.2, -0.15) is 0 Å². The molecule has 1 saturated heterocycles. The number of benzene rings is 1. The van der Waals surface area contributed by atoms with Gasteiger partial charge in [0.2, 0.25) is 0 Å². The van der Waals surface area contributed by atoms with Gasteiger partial charge >= 0.3 is 0 Å². The second-order valence-electron chi connectivity index (χ2n) is 9.20. The van der Waals surface area contributed by atoms with Crippen LogP contribution in [0, 0.1) is 0 Å². The number of hydrogen-bond donors (Lipinski definition) is 1. The smallest absolute Gasteiger partial charge is 0.185 e. The molecule has 1 N–H and O–H groups in total. The van der Waals surface area contributed by atoms with Crippen molar-refractivity contribution >= 4 is 22.3 Å². The highest BCUT2D eigenvalue weighted by atomic mass is 32.1. The molecule has 0 saturated carbocycles. The minimum atomic E-state index is 0.0623. The van der Waals surface area contributed by atoms with Crippen molar-refractivity contribution in [3.63, 3.8) is 0 Å². The number of aromatic nitrogens is 1. The van der Waals surface area contributed by atoms with E-state index in [9.17, 15) is 4.79 Å². The zero-order valence-corrected chi connectivity index (χ0v) is 19.0. The first kappa shape index (κ1) is 21.5. The summed E-state index contributed by atoms with van der Waals surface area (Å²) in [5.41, 5.74) is 4.14. The average Bonchev–Trinajstić information content (AvgIpc) is 3.25. The van der Waals surface area contributed by atoms with Crippen LogP contribution in [0.15, 0.2) is 23.6 Å². The van der Waals surface area contributed by atoms with E-state index in [0.29, 0.717) is 13.0 Å². The maximum absolute atomic E-state index is 12.5. The van der Waals surface area contributed by atoms with Crippen LogP contribution in [0.1, 0.15) is 61.9 Å². The fourth-order valence-corrected chi connectivity index (χ4v) is 5.44. The Balaban J connectivity index is 1.41. The first-order valence-electron chi connectivity index (χ1n) is 11.2. The van der Waals surface area contributed by atoms with Crippen molar-refractivity contribution in [3.8, 4) is 11.3 Å². The molecular weight excluding hydrogens is 394 g/mol. The van der Waals surface area contributed by atoms with Crippen LogP contribution in [0.2, 0.25) is 0 Å². The monoisotopic (exact) mass is 427 g/mol. The second kappa shape index (κ2) is 9.16. The number of nitrogens with zero attached hydrogens (tertiary/aromatic N) is 3. The molecule has 2 aliphatic rings. The van der Waals surface area contributed by atoms with Gasteiger partial charge in [-0.1, -0.05) is 26.0 Å². The predicted molar refractivity (Wildman–Crippen MR) is 124 cm³/mol. The highest BCUT2D eigenvalue weighted by Gasteiger charge is 2.31. The molecule has 0 radical (unpaired) electrons. The van der Waals surface area contributed by atoms with Crippen LogP contribution < -0.4 is 4.90 Å². The Kier molecular flexibility index (Phi) is 6.56. The lowest BCUT2D eigenvalue weighted by Crippen LogP contribution is -2.46. The fraction of sp³-hybridized carbons (Fsp3) is 0.583. The number of hydrogen-bond acceptors (Lipinski definition) is 6. The number of ketones is 1. The van der Waals surface area contributed by atoms with Gasteiger partial charge in [-0.15, -0.1) is 11.3 Å². The number of fused-ring (bicyclic) bond motifs is 1. The van der Waals surface area contributed by atoms with Crippen molar-refractivity contribution < 1.29 is 9.90 Å². The lowest BCUT2D eigenvalue weighted by molar-refractivity contribution is 0.0957. The molecule has 0 unspecified atom stereocenters. The van der Waals surface area contributed by atoms with Gasteiger partial charge in [0, 0.05) is 55.7 Å². The molecule has 1 aliphatic heterocycles. The third kappa shape index (κ3) is 4.61. The summed E-state index contributed by atoms with van der Waals surface area (Å²) < 4.78 is 0. The van der Waals surface area contributed by atoms with Crippen molar-refractivity contribution in [2.24, 2.45) is 0 Å². The van der Waals surface area contributed by atoms with Gasteiger partial charge in [-0.25, -0.2) is 4.98 Å². The molecule has 0 bridgehead atoms. The summed E-state index contributed by atoms with van der Waals surface area (Å²) in [4.78, 5) is 22.3. The third-order valence-corrected chi connectivity index (χ3v) is 7.49. The van der Waals surface area contributed by atoms with E-state index in [1.807, 2.05) is 0 Å². The van der Waals surface area contributed by atoms with Crippen LogP contribution in [0.25, 0.3) is 11.3 Å². The zero-order chi connectivity index (χ0) is 21.1. The topological polar surface area (TPSA) is 56.7 Å². The molecule has 0 spiro atoms. The van der Waals surface area contributed by atoms with E-state index in [-0.39, 0.29) is 11.2 Å². The maximum atomic E-state index is 12.5. The number of piperazine rings is 1. The first-order valence-corrected chi connectivity index (χ1v) is 12.1. The molecule has 0 amide bonds. The summed E-state index contributed by atoms with van der Waals surface area (Å²) in [6, 6.07) is 6.32. The number of aliphatic hydroxyl groups is 1. The summed E-state index contributed by atoms with van der Waals surface area (Å²) >= 11 is 1.70. The quantitative estimate of drug-likeness (QED) is 0.666. The van der Waals surface area contributed by atoms with Crippen molar-refractivity contribution in [2.75, 3.05) is 44.2 Å². The summed E-state index contributed by atoms with van der Waals surface area (Å²) in [7, 11) is 0. The van der Waals surface area contributed by atoms with Gasteiger partial charge in [0.25, 0.3) is 0 Å². The van der Waals surface area contributed by atoms with E-state index < -0.39 is 0 Å². The SMILES string of the molecule is CC1(C)CCC(=O)c2cc(-c3csc(N4CCN(CCCCCO)CC4)n3)ccc21. The summed E-state index contributed by atoms with van der Waals surface area (Å²) in [5.74, 6) is 0.261. The van der Waals surface area contributed by atoms with E-state index in [1.165, 1.54) is 5.56 Å². The Bertz CT molecular complexity index is 884. The Hall–Kier alpha value is -1.76. The van der Waals surface area contributed by atoms with Gasteiger partial charge in [0.1, 0.15) is 0 Å². The minimum absolute atomic E-state index is 0.0623. The van der Waals surface area contributed by atoms with E-state index in [0.717, 1.165) is 80.4 Å². The molecule has 162 valence electrons. The molecule has 2 heterocycles. The van der Waals surface area contributed by atoms with Gasteiger partial charge < -0.3 is 10.0 Å². The fourth-order valence-electron chi connectivity index (χ4n) is 4.55. The van der Waals surface area contributed by atoms with Gasteiger partial charge in [0.15, 0.2) is 10.9 Å². The predicted octanol–water partition coefficient (Wildman–Crippen LogP) is 4.35. The molecule has 30 heavy (non-hydrogen) atoms. The highest BCUT2D eigenvalue weighted by molar-refractivity contribution is 7.14. The number of carbonyl (C=O) groups is 1. The number of Topliss-reactive ketones (excluding diaryl/α,β-unsaturated/α-hetero) is 1. The molecule has 1 aliphatic carbocycles. The Morgan fingerprint density at radius 1 is 1.13 bits per heavy atom. The third-order valence-electron chi connectivity index (χ3n) is 6.59. The average molecular weight is 428 g/mol. The van der Waals surface area contributed by atoms with Crippen molar-refractivity contribution in [2.45, 2.75) is 51.4 Å². The first-order chi connectivity index (χ1) is 14.5. The molecule has 6 heteroatoms. The Morgan fingerprint density at radius 2 is 1.93 bits per heavy atom. The molecule has 2 aromatic rings. The molecule has 0 atom stereocenters. The van der Waals surface area contributed by atoms with Gasteiger partial charge in [0.05, 0.1) is 5.69 Å². The van der Waals surface area contributed by atoms with Crippen LogP contribution in [0.5, 0.6) is 0 Å². The van der Waals surface area contributed by atoms with Crippen LogP contribution in [-0.2, 0) is 5.41 Å². The normalized spacial score (nSPS) is 19.2. The molecule has 4 rings (SSSR count). The van der Waals surface area contributed by atoms with Crippen molar-refractivity contribution in [1.82, 2.24) is 9.88 Å². The summed E-state index contributed by atoms with van der Waals surface area (Å²) in [6.45, 7) is 10.0. The molecule has 1 fully saturated rings. The highest BCUT2D eigenvalue weighted by Crippen LogP contribution is 2.39. The summed E-state index contributed by atoms with van der Waals surface area (Å²) in [5, 5.41) is 12.1. The number of anilines is 1. The van der Waals surface area contributed by atoms with E-state index in [4.69, 9.17) is 10.1 Å². The van der Waals surface area contributed by atoms with Gasteiger partial charge in [-0.3, -0.25) is 9.69 Å². The van der Waals surface area contributed by atoms with E-state index >= 15 is 0 Å². The number of thiazole rings is 1. The minimum Gasteiger partial charge on any atom is -0.396 e. The standard InChI is InChI=1S/C24H33N3O2S/c1-24(2)9-8-22(29)19-16-18(6-7-20(19)24)21-17-30-23(25-21)27-13-11-26(12-14-27)10-4-3-5-15-28/h6-7,16-17,28H,3-5,8-15H2,1-2H3. The van der Waals surface area contributed by atoms with E-state index in [2.05, 4.69) is 47.2 Å². The number of carbonyl (C=O) groups excluding carboxylic acids is 1. The van der Waals surface area contributed by atoms with E-state index in [1.54, 1.807) is 11.3 Å². The largest absolute Gasteiger partial charge is 0.396 e. The van der Waals surface area contributed by atoms with Crippen LogP contribution in [0.3, 0.4) is 0 Å². The van der Waals surface area contributed by atoms with Gasteiger partial charge in [-0.05, 0) is 49.3 Å². The molecule has 1 aromatic heterocycles. The molecule has 1 aromatic carbocycles. The molecule has 5 nitrogen and oxygen atoms in total. The van der Waals surface area contributed by atoms with Crippen LogP contribution in [0.4, 0.5) is 5.13 Å². The lowest BCUT2D eigenvalue weighted by Gasteiger charge is -2.34. The second-order valence-corrected chi connectivity index (χ2v) is 10.0. The molecular formula is C24H33N3O2S. The van der Waals surface area contributed by atoms with Crippen molar-refractivity contribution in [3.05, 3.63) is 34.7 Å². The number of rotatable bonds is 7. The number of unbranched alkanes of at least 4 members (excludes halogenated alkanes) is 2. The van der Waals surface area contributed by atoms with Crippen LogP contribution >= 0.6 is 11.3 Å². The lowest BCUT2D eigenvalue weighted by atomic mass is 9.72. The van der Waals surface area contributed by atoms with Crippen LogP contribution in [-0.4, -0.2) is 60.1 Å². The number of aliphatic hydroxyl groups excluding tert-OH is 1. The Labute approximate surface area is 183 Å². The maximum Gasteiger partial charge on any atom is 0.185 e. The Morgan fingerprint density at radius 3 is 2.70 bits per heavy atom. The zero-order valence-electron chi connectivity index (χ0n) is 18.2. The van der Waals surface area contributed by atoms with Crippen molar-refractivity contribution in [1.29, 1.82) is 0 Å².